The van der Waals surface area contributed by atoms with Crippen molar-refractivity contribution in [2.24, 2.45) is 12.8 Å². The molecule has 7 rings (SSSR count). The number of nitrogens with zero attached hydrogens (tertiary/aromatic N) is 5. The number of likely N-dealkylation sites (tertiary alicyclic amines) is 1. The fourth-order valence-electron chi connectivity index (χ4n) is 7.84. The van der Waals surface area contributed by atoms with Gasteiger partial charge in [-0.05, 0) is 80.9 Å². The number of primary amides is 1. The fraction of sp³-hybridized carbons (Fsp3) is 0.515. The van der Waals surface area contributed by atoms with Gasteiger partial charge in [0.05, 0.1) is 15.9 Å². The Labute approximate surface area is 278 Å². The molecule has 3 aromatic rings. The maximum Gasteiger partial charge on any atom is 0.404 e. The maximum absolute atomic E-state index is 13.4. The van der Waals surface area contributed by atoms with Crippen LogP contribution in [-0.4, -0.2) is 96.1 Å². The molecule has 0 bridgehead atoms. The average Bonchev–Trinajstić information content (AvgIpc) is 3.30. The van der Waals surface area contributed by atoms with Gasteiger partial charge < -0.3 is 15.4 Å². The minimum atomic E-state index is -3.68. The SMILES string of the molecule is Cn1c(=O)n(C2CCC(=O)NC2=O)c2cccc(C3CCN(C4CN(c5cccc(S(=O)(=O)N6CCC(OC(N)=O)CC6)c5)C4)CC3)c21. The van der Waals surface area contributed by atoms with Crippen LogP contribution in [0.2, 0.25) is 0 Å². The van der Waals surface area contributed by atoms with Crippen LogP contribution in [0.3, 0.4) is 0 Å². The molecule has 1 unspecified atom stereocenters. The van der Waals surface area contributed by atoms with Gasteiger partial charge in [-0.1, -0.05) is 18.2 Å². The molecule has 3 N–H and O–H groups in total. The molecule has 4 fully saturated rings. The van der Waals surface area contributed by atoms with Crippen LogP contribution in [0.5, 0.6) is 0 Å². The number of piperidine rings is 3. The van der Waals surface area contributed by atoms with Crippen LogP contribution in [-0.2, 0) is 31.4 Å². The first-order chi connectivity index (χ1) is 23.0. The number of fused-ring (bicyclic) bond motifs is 1. The Morgan fingerprint density at radius 3 is 2.33 bits per heavy atom. The second-order valence-corrected chi connectivity index (χ2v) is 15.2. The molecule has 1 atom stereocenters. The molecule has 256 valence electrons. The van der Waals surface area contributed by atoms with Crippen molar-refractivity contribution in [1.82, 2.24) is 23.7 Å². The number of imide groups is 1. The number of aryl methyl sites for hydroxylation is 1. The highest BCUT2D eigenvalue weighted by Crippen LogP contribution is 2.36. The number of hydrogen-bond acceptors (Lipinski definition) is 9. The molecule has 4 aliphatic rings. The number of benzene rings is 2. The van der Waals surface area contributed by atoms with Crippen molar-refractivity contribution in [2.45, 2.75) is 67.5 Å². The lowest BCUT2D eigenvalue weighted by Crippen LogP contribution is -2.60. The lowest BCUT2D eigenvalue weighted by molar-refractivity contribution is -0.135. The van der Waals surface area contributed by atoms with Crippen LogP contribution < -0.4 is 21.6 Å². The van der Waals surface area contributed by atoms with E-state index < -0.39 is 28.1 Å². The van der Waals surface area contributed by atoms with Gasteiger partial charge in [0, 0.05) is 51.4 Å². The molecule has 3 amide bonds. The molecule has 15 heteroatoms. The Morgan fingerprint density at radius 2 is 1.65 bits per heavy atom. The third kappa shape index (κ3) is 5.87. The zero-order chi connectivity index (χ0) is 33.7. The largest absolute Gasteiger partial charge is 0.446 e. The zero-order valence-corrected chi connectivity index (χ0v) is 27.7. The van der Waals surface area contributed by atoms with Crippen LogP contribution in [0.15, 0.2) is 52.2 Å². The first-order valence-corrected chi connectivity index (χ1v) is 18.0. The van der Waals surface area contributed by atoms with Crippen LogP contribution in [0.1, 0.15) is 56.0 Å². The lowest BCUT2D eigenvalue weighted by Gasteiger charge is -2.48. The highest BCUT2D eigenvalue weighted by atomic mass is 32.2. The number of aromatic nitrogens is 2. The third-order valence-electron chi connectivity index (χ3n) is 10.5. The van der Waals surface area contributed by atoms with E-state index in [9.17, 15) is 27.6 Å². The Kier molecular flexibility index (Phi) is 8.54. The van der Waals surface area contributed by atoms with E-state index in [1.54, 1.807) is 34.4 Å². The van der Waals surface area contributed by atoms with E-state index in [2.05, 4.69) is 21.2 Å². The second-order valence-electron chi connectivity index (χ2n) is 13.3. The summed E-state index contributed by atoms with van der Waals surface area (Å²) in [4.78, 5) is 53.8. The number of carbonyl (C=O) groups is 3. The molecule has 5 heterocycles. The number of para-hydroxylation sites is 1. The summed E-state index contributed by atoms with van der Waals surface area (Å²) in [6.45, 7) is 3.97. The van der Waals surface area contributed by atoms with Crippen LogP contribution >= 0.6 is 0 Å². The van der Waals surface area contributed by atoms with Crippen LogP contribution in [0.4, 0.5) is 10.5 Å². The number of carbonyl (C=O) groups excluding carboxylic acids is 3. The van der Waals surface area contributed by atoms with Crippen LogP contribution in [0, 0.1) is 0 Å². The normalized spacial score (nSPS) is 22.5. The molecular weight excluding hydrogens is 638 g/mol. The van der Waals surface area contributed by atoms with E-state index in [1.165, 1.54) is 4.31 Å². The average molecular weight is 680 g/mol. The van der Waals surface area contributed by atoms with Gasteiger partial charge >= 0.3 is 11.8 Å². The molecule has 0 aliphatic carbocycles. The summed E-state index contributed by atoms with van der Waals surface area (Å²) in [6.07, 6.45) is 1.99. The van der Waals surface area contributed by atoms with Crippen LogP contribution in [0.25, 0.3) is 11.0 Å². The zero-order valence-electron chi connectivity index (χ0n) is 26.9. The molecular formula is C33H41N7O7S. The molecule has 4 aliphatic heterocycles. The first-order valence-electron chi connectivity index (χ1n) is 16.6. The summed E-state index contributed by atoms with van der Waals surface area (Å²) in [5.74, 6) is -0.481. The Bertz CT molecular complexity index is 1920. The molecule has 48 heavy (non-hydrogen) atoms. The second kappa shape index (κ2) is 12.7. The van der Waals surface area contributed by atoms with Gasteiger partial charge in [0.15, 0.2) is 0 Å². The number of imidazole rings is 1. The Balaban J connectivity index is 0.976. The fourth-order valence-corrected chi connectivity index (χ4v) is 9.35. The summed E-state index contributed by atoms with van der Waals surface area (Å²) in [5.41, 5.74) is 8.41. The van der Waals surface area contributed by atoms with E-state index in [-0.39, 0.29) is 48.0 Å². The quantitative estimate of drug-likeness (QED) is 0.353. The molecule has 0 spiro atoms. The maximum atomic E-state index is 13.4. The van der Waals surface area contributed by atoms with Crippen molar-refractivity contribution in [3.63, 3.8) is 0 Å². The number of hydrogen-bond donors (Lipinski definition) is 2. The van der Waals surface area contributed by atoms with Crippen molar-refractivity contribution in [2.75, 3.05) is 44.2 Å². The smallest absolute Gasteiger partial charge is 0.404 e. The standard InChI is InChI=1S/C33H41N7O7S/c1-36-30-26(6-3-7-27(30)40(33(36)44)28-8-9-29(41)35-31(28)42)21-10-14-37(15-11-21)23-19-38(20-23)22-4-2-5-25(18-22)48(45,46)39-16-12-24(13-17-39)47-32(34)43/h2-7,18,21,23-24,28H,8-17,19-20H2,1H3,(H2,34,43)(H,35,41,42). The summed E-state index contributed by atoms with van der Waals surface area (Å²) in [6, 6.07) is 12.7. The Morgan fingerprint density at radius 1 is 0.938 bits per heavy atom. The van der Waals surface area contributed by atoms with Gasteiger partial charge in [-0.2, -0.15) is 4.31 Å². The van der Waals surface area contributed by atoms with E-state index in [1.807, 2.05) is 18.2 Å². The summed E-state index contributed by atoms with van der Waals surface area (Å²) in [7, 11) is -1.94. The van der Waals surface area contributed by atoms with Gasteiger partial charge in [0.25, 0.3) is 0 Å². The van der Waals surface area contributed by atoms with Gasteiger partial charge in [0.1, 0.15) is 12.1 Å². The molecule has 0 radical (unpaired) electrons. The first kappa shape index (κ1) is 32.3. The molecule has 1 aromatic heterocycles. The Hall–Kier alpha value is -4.21. The van der Waals surface area contributed by atoms with E-state index >= 15 is 0 Å². The van der Waals surface area contributed by atoms with Crippen molar-refractivity contribution in [3.05, 3.63) is 58.5 Å². The molecule has 14 nitrogen and oxygen atoms in total. The van der Waals surface area contributed by atoms with Gasteiger partial charge in [0.2, 0.25) is 21.8 Å². The predicted molar refractivity (Wildman–Crippen MR) is 177 cm³/mol. The summed E-state index contributed by atoms with van der Waals surface area (Å²) < 4.78 is 36.5. The highest BCUT2D eigenvalue weighted by Gasteiger charge is 2.37. The van der Waals surface area contributed by atoms with E-state index in [4.69, 9.17) is 10.5 Å². The monoisotopic (exact) mass is 679 g/mol. The van der Waals surface area contributed by atoms with Gasteiger partial charge in [-0.15, -0.1) is 0 Å². The number of ether oxygens (including phenoxy) is 1. The van der Waals surface area contributed by atoms with Crippen molar-refractivity contribution >= 4 is 44.7 Å². The number of amides is 3. The van der Waals surface area contributed by atoms with E-state index in [0.29, 0.717) is 25.3 Å². The van der Waals surface area contributed by atoms with Crippen molar-refractivity contribution < 1.29 is 27.5 Å². The number of sulfonamides is 1. The number of anilines is 1. The highest BCUT2D eigenvalue weighted by molar-refractivity contribution is 7.89. The van der Waals surface area contributed by atoms with E-state index in [0.717, 1.165) is 61.3 Å². The van der Waals surface area contributed by atoms with Crippen molar-refractivity contribution in [1.29, 1.82) is 0 Å². The molecule has 4 saturated heterocycles. The minimum absolute atomic E-state index is 0.205. The number of rotatable bonds is 7. The molecule has 0 saturated carbocycles. The van der Waals surface area contributed by atoms with Gasteiger partial charge in [-0.3, -0.25) is 28.9 Å². The van der Waals surface area contributed by atoms with Crippen molar-refractivity contribution in [3.8, 4) is 0 Å². The molecule has 2 aromatic carbocycles. The predicted octanol–water partition coefficient (Wildman–Crippen LogP) is 1.63. The number of nitrogens with one attached hydrogen (secondary N) is 1. The lowest BCUT2D eigenvalue weighted by atomic mass is 9.87. The minimum Gasteiger partial charge on any atom is -0.446 e. The van der Waals surface area contributed by atoms with Gasteiger partial charge in [-0.25, -0.2) is 18.0 Å². The third-order valence-corrected chi connectivity index (χ3v) is 12.4. The topological polar surface area (TPSA) is 169 Å². The number of nitrogens with two attached hydrogens (primary N) is 1. The summed E-state index contributed by atoms with van der Waals surface area (Å²) in [5, 5.41) is 2.38. The summed E-state index contributed by atoms with van der Waals surface area (Å²) >= 11 is 0.